The van der Waals surface area contributed by atoms with E-state index in [4.69, 9.17) is 20.8 Å². The number of aryl methyl sites for hydroxylation is 1. The second-order valence-corrected chi connectivity index (χ2v) is 6.23. The van der Waals surface area contributed by atoms with Crippen molar-refractivity contribution in [1.29, 1.82) is 0 Å². The van der Waals surface area contributed by atoms with E-state index in [2.05, 4.69) is 0 Å². The van der Waals surface area contributed by atoms with Gasteiger partial charge in [0.25, 0.3) is 0 Å². The lowest BCUT2D eigenvalue weighted by molar-refractivity contribution is -0.131. The van der Waals surface area contributed by atoms with Crippen molar-refractivity contribution in [2.24, 2.45) is 0 Å². The van der Waals surface area contributed by atoms with Crippen LogP contribution in [0.4, 0.5) is 0 Å². The van der Waals surface area contributed by atoms with Crippen LogP contribution in [0.3, 0.4) is 0 Å². The highest BCUT2D eigenvalue weighted by Gasteiger charge is 2.20. The average molecular weight is 339 g/mol. The Morgan fingerprint density at radius 2 is 2.30 bits per heavy atom. The van der Waals surface area contributed by atoms with Crippen molar-refractivity contribution in [2.45, 2.75) is 31.9 Å². The maximum absolute atomic E-state index is 12.2. The number of nitrogens with zero attached hydrogens (tertiary/aromatic N) is 2. The lowest BCUT2D eigenvalue weighted by atomic mass is 10.2. The SMILES string of the molecule is CN(C[C@@H]1CCCO1)C(=O)CCn1c(=O)oc2cc(Cl)ccc21. The molecular formula is C16H19ClN2O4. The van der Waals surface area contributed by atoms with Crippen molar-refractivity contribution < 1.29 is 13.9 Å². The van der Waals surface area contributed by atoms with Gasteiger partial charge in [-0.15, -0.1) is 0 Å². The number of hydrogen-bond acceptors (Lipinski definition) is 4. The van der Waals surface area contributed by atoms with Gasteiger partial charge >= 0.3 is 5.76 Å². The third kappa shape index (κ3) is 3.59. The molecule has 6 nitrogen and oxygen atoms in total. The number of ether oxygens (including phenoxy) is 1. The van der Waals surface area contributed by atoms with Crippen LogP contribution in [-0.4, -0.2) is 41.7 Å². The second kappa shape index (κ2) is 6.76. The van der Waals surface area contributed by atoms with Crippen LogP contribution in [0.25, 0.3) is 11.1 Å². The Kier molecular flexibility index (Phi) is 4.73. The van der Waals surface area contributed by atoms with Crippen molar-refractivity contribution in [3.63, 3.8) is 0 Å². The van der Waals surface area contributed by atoms with Gasteiger partial charge in [-0.1, -0.05) is 11.6 Å². The first-order valence-electron chi connectivity index (χ1n) is 7.69. The Bertz CT molecular complexity index is 761. The molecule has 0 spiro atoms. The number of likely N-dealkylation sites (N-methyl/N-ethyl adjacent to an activating group) is 1. The number of aromatic nitrogens is 1. The molecule has 1 aromatic carbocycles. The molecule has 7 heteroatoms. The highest BCUT2D eigenvalue weighted by Crippen LogP contribution is 2.19. The van der Waals surface area contributed by atoms with E-state index in [0.717, 1.165) is 19.4 Å². The number of benzene rings is 1. The maximum Gasteiger partial charge on any atom is 0.419 e. The molecule has 0 N–H and O–H groups in total. The van der Waals surface area contributed by atoms with Gasteiger partial charge in [-0.05, 0) is 25.0 Å². The van der Waals surface area contributed by atoms with E-state index in [1.54, 1.807) is 30.1 Å². The fourth-order valence-electron chi connectivity index (χ4n) is 2.85. The molecule has 0 radical (unpaired) electrons. The molecule has 1 aromatic heterocycles. The number of carbonyl (C=O) groups excluding carboxylic acids is 1. The Balaban J connectivity index is 1.64. The average Bonchev–Trinajstić information content (AvgIpc) is 3.11. The van der Waals surface area contributed by atoms with Gasteiger partial charge in [0.15, 0.2) is 5.58 Å². The molecule has 2 heterocycles. The van der Waals surface area contributed by atoms with Gasteiger partial charge in [0.2, 0.25) is 5.91 Å². The first-order chi connectivity index (χ1) is 11.0. The molecule has 1 atom stereocenters. The number of hydrogen-bond donors (Lipinski definition) is 0. The minimum atomic E-state index is -0.475. The predicted molar refractivity (Wildman–Crippen MR) is 86.7 cm³/mol. The monoisotopic (exact) mass is 338 g/mol. The highest BCUT2D eigenvalue weighted by atomic mass is 35.5. The van der Waals surface area contributed by atoms with Gasteiger partial charge in [0.05, 0.1) is 11.6 Å². The fourth-order valence-corrected chi connectivity index (χ4v) is 3.01. The van der Waals surface area contributed by atoms with Crippen molar-refractivity contribution in [1.82, 2.24) is 9.47 Å². The first-order valence-corrected chi connectivity index (χ1v) is 8.07. The van der Waals surface area contributed by atoms with E-state index in [9.17, 15) is 9.59 Å². The second-order valence-electron chi connectivity index (χ2n) is 5.79. The number of oxazole rings is 1. The lowest BCUT2D eigenvalue weighted by Crippen LogP contribution is -2.34. The zero-order chi connectivity index (χ0) is 16.4. The summed E-state index contributed by atoms with van der Waals surface area (Å²) in [5.41, 5.74) is 1.08. The zero-order valence-corrected chi connectivity index (χ0v) is 13.7. The van der Waals surface area contributed by atoms with E-state index >= 15 is 0 Å². The highest BCUT2D eigenvalue weighted by molar-refractivity contribution is 6.31. The summed E-state index contributed by atoms with van der Waals surface area (Å²) in [6.45, 7) is 1.64. The van der Waals surface area contributed by atoms with Crippen LogP contribution in [0, 0.1) is 0 Å². The molecule has 23 heavy (non-hydrogen) atoms. The molecule has 124 valence electrons. The predicted octanol–water partition coefficient (Wildman–Crippen LogP) is 2.28. The van der Waals surface area contributed by atoms with Crippen LogP contribution in [0.5, 0.6) is 0 Å². The standard InChI is InChI=1S/C16H19ClN2O4/c1-18(10-12-3-2-8-22-12)15(20)6-7-19-13-5-4-11(17)9-14(13)23-16(19)21/h4-5,9,12H,2-3,6-8,10H2,1H3/t12-/m0/s1. The molecule has 1 amide bonds. The maximum atomic E-state index is 12.2. The first kappa shape index (κ1) is 16.1. The van der Waals surface area contributed by atoms with Crippen LogP contribution >= 0.6 is 11.6 Å². The Labute approximate surface area is 138 Å². The van der Waals surface area contributed by atoms with Gasteiger partial charge in [-0.3, -0.25) is 9.36 Å². The summed E-state index contributed by atoms with van der Waals surface area (Å²) in [6, 6.07) is 5.02. The van der Waals surface area contributed by atoms with E-state index < -0.39 is 5.76 Å². The third-order valence-electron chi connectivity index (χ3n) is 4.11. The van der Waals surface area contributed by atoms with Crippen molar-refractivity contribution in [3.05, 3.63) is 33.8 Å². The zero-order valence-electron chi connectivity index (χ0n) is 13.0. The van der Waals surface area contributed by atoms with Gasteiger partial charge < -0.3 is 14.1 Å². The summed E-state index contributed by atoms with van der Waals surface area (Å²) < 4.78 is 12.2. The molecule has 0 unspecified atom stereocenters. The van der Waals surface area contributed by atoms with Crippen LogP contribution in [-0.2, 0) is 16.1 Å². The molecule has 0 aliphatic carbocycles. The van der Waals surface area contributed by atoms with Crippen LogP contribution < -0.4 is 5.76 Å². The van der Waals surface area contributed by atoms with Crippen LogP contribution in [0.15, 0.2) is 27.4 Å². The summed E-state index contributed by atoms with van der Waals surface area (Å²) in [6.07, 6.45) is 2.40. The molecule has 1 fully saturated rings. The Morgan fingerprint density at radius 3 is 3.04 bits per heavy atom. The van der Waals surface area contributed by atoms with Crippen molar-refractivity contribution >= 4 is 28.6 Å². The smallest absolute Gasteiger partial charge is 0.408 e. The lowest BCUT2D eigenvalue weighted by Gasteiger charge is -2.20. The van der Waals surface area contributed by atoms with E-state index in [1.807, 2.05) is 0 Å². The number of carbonyl (C=O) groups is 1. The molecule has 2 aromatic rings. The Morgan fingerprint density at radius 1 is 1.48 bits per heavy atom. The van der Waals surface area contributed by atoms with Gasteiger partial charge in [0.1, 0.15) is 0 Å². The van der Waals surface area contributed by atoms with E-state index in [0.29, 0.717) is 22.7 Å². The number of halogens is 1. The molecule has 0 bridgehead atoms. The third-order valence-corrected chi connectivity index (χ3v) is 4.34. The molecule has 1 saturated heterocycles. The molecular weight excluding hydrogens is 320 g/mol. The van der Waals surface area contributed by atoms with Gasteiger partial charge in [0, 0.05) is 44.3 Å². The summed E-state index contributed by atoms with van der Waals surface area (Å²) in [4.78, 5) is 25.8. The quantitative estimate of drug-likeness (QED) is 0.839. The number of amides is 1. The van der Waals surface area contributed by atoms with Crippen LogP contribution in [0.1, 0.15) is 19.3 Å². The Hall–Kier alpha value is -1.79. The summed E-state index contributed by atoms with van der Waals surface area (Å²) >= 11 is 5.89. The molecule has 0 saturated carbocycles. The van der Waals surface area contributed by atoms with Gasteiger partial charge in [-0.25, -0.2) is 4.79 Å². The summed E-state index contributed by atoms with van der Waals surface area (Å²) in [5.74, 6) is -0.493. The fraction of sp³-hybridized carbons (Fsp3) is 0.500. The summed E-state index contributed by atoms with van der Waals surface area (Å²) in [5, 5.41) is 0.505. The van der Waals surface area contributed by atoms with Crippen molar-refractivity contribution in [2.75, 3.05) is 20.2 Å². The normalized spacial score (nSPS) is 17.7. The number of rotatable bonds is 5. The minimum Gasteiger partial charge on any atom is -0.408 e. The van der Waals surface area contributed by atoms with Crippen molar-refractivity contribution in [3.8, 4) is 0 Å². The topological polar surface area (TPSA) is 64.7 Å². The van der Waals surface area contributed by atoms with Gasteiger partial charge in [-0.2, -0.15) is 0 Å². The molecule has 1 aliphatic rings. The van der Waals surface area contributed by atoms with E-state index in [1.165, 1.54) is 4.57 Å². The largest absolute Gasteiger partial charge is 0.419 e. The minimum absolute atomic E-state index is 0.0179. The molecule has 3 rings (SSSR count). The van der Waals surface area contributed by atoms with E-state index in [-0.39, 0.29) is 25.0 Å². The van der Waals surface area contributed by atoms with Crippen LogP contribution in [0.2, 0.25) is 5.02 Å². The number of fused-ring (bicyclic) bond motifs is 1. The molecule has 1 aliphatic heterocycles. The summed E-state index contributed by atoms with van der Waals surface area (Å²) in [7, 11) is 1.76.